The first kappa shape index (κ1) is 23.7. The number of rotatable bonds is 7. The molecule has 0 aromatic heterocycles. The molecule has 2 aliphatic rings. The summed E-state index contributed by atoms with van der Waals surface area (Å²) in [5.74, 6) is 0.961. The molecule has 0 N–H and O–H groups in total. The van der Waals surface area contributed by atoms with Crippen LogP contribution >= 0.6 is 11.6 Å². The van der Waals surface area contributed by atoms with Crippen molar-refractivity contribution in [3.05, 3.63) is 47.5 Å². The topological polar surface area (TPSA) is 91.4 Å². The van der Waals surface area contributed by atoms with Crippen molar-refractivity contribution in [2.45, 2.75) is 24.2 Å². The van der Waals surface area contributed by atoms with Crippen molar-refractivity contribution in [1.29, 1.82) is 0 Å². The van der Waals surface area contributed by atoms with Crippen LogP contribution in [0.3, 0.4) is 0 Å². The molecule has 0 spiro atoms. The molecule has 0 atom stereocenters. The lowest BCUT2D eigenvalue weighted by Crippen LogP contribution is -2.40. The van der Waals surface area contributed by atoms with Crippen LogP contribution in [0.15, 0.2) is 47.4 Å². The van der Waals surface area contributed by atoms with E-state index in [0.29, 0.717) is 48.3 Å². The standard InChI is InChI=1S/C23H26ClNO7S/c24-18-2-4-19(5-3-18)29-14-15-32-23(26)17-8-10-25(11-9-17)33(27,28)20-6-7-21-22(16-20)31-13-1-12-30-21/h2-7,16-17H,1,8-15H2. The molecule has 0 radical (unpaired) electrons. The average molecular weight is 496 g/mol. The molecule has 2 aromatic rings. The summed E-state index contributed by atoms with van der Waals surface area (Å²) in [4.78, 5) is 12.5. The third-order valence-electron chi connectivity index (χ3n) is 5.55. The Balaban J connectivity index is 1.26. The van der Waals surface area contributed by atoms with Gasteiger partial charge in [0.25, 0.3) is 0 Å². The van der Waals surface area contributed by atoms with Crippen LogP contribution in [0, 0.1) is 5.92 Å². The highest BCUT2D eigenvalue weighted by molar-refractivity contribution is 7.89. The lowest BCUT2D eigenvalue weighted by atomic mass is 9.98. The van der Waals surface area contributed by atoms with E-state index < -0.39 is 10.0 Å². The monoisotopic (exact) mass is 495 g/mol. The molecule has 0 saturated carbocycles. The number of carbonyl (C=O) groups excluding carboxylic acids is 1. The van der Waals surface area contributed by atoms with Gasteiger partial charge < -0.3 is 18.9 Å². The number of hydrogen-bond donors (Lipinski definition) is 0. The number of halogens is 1. The number of fused-ring (bicyclic) bond motifs is 1. The molecule has 0 amide bonds. The fourth-order valence-electron chi connectivity index (χ4n) is 3.74. The summed E-state index contributed by atoms with van der Waals surface area (Å²) in [6.45, 7) is 1.86. The van der Waals surface area contributed by atoms with Crippen molar-refractivity contribution in [2.75, 3.05) is 39.5 Å². The van der Waals surface area contributed by atoms with Crippen LogP contribution < -0.4 is 14.2 Å². The van der Waals surface area contributed by atoms with E-state index in [1.54, 1.807) is 30.3 Å². The van der Waals surface area contributed by atoms with Crippen molar-refractivity contribution in [1.82, 2.24) is 4.31 Å². The Morgan fingerprint density at radius 3 is 2.42 bits per heavy atom. The summed E-state index contributed by atoms with van der Waals surface area (Å²) in [6.07, 6.45) is 1.55. The molecule has 0 unspecified atom stereocenters. The molecule has 33 heavy (non-hydrogen) atoms. The zero-order chi connectivity index (χ0) is 23.3. The van der Waals surface area contributed by atoms with Crippen LogP contribution in [0.25, 0.3) is 0 Å². The van der Waals surface area contributed by atoms with Crippen LogP contribution in [0.4, 0.5) is 0 Å². The fourth-order valence-corrected chi connectivity index (χ4v) is 5.35. The second-order valence-corrected chi connectivity index (χ2v) is 10.2. The van der Waals surface area contributed by atoms with Gasteiger partial charge in [-0.15, -0.1) is 0 Å². The predicted octanol–water partition coefficient (Wildman–Crippen LogP) is 3.52. The lowest BCUT2D eigenvalue weighted by Gasteiger charge is -2.30. The molecular weight excluding hydrogens is 470 g/mol. The maximum Gasteiger partial charge on any atom is 0.309 e. The van der Waals surface area contributed by atoms with E-state index in [0.717, 1.165) is 6.42 Å². The fraction of sp³-hybridized carbons (Fsp3) is 0.435. The number of ether oxygens (including phenoxy) is 4. The third kappa shape index (κ3) is 5.90. The molecule has 10 heteroatoms. The summed E-state index contributed by atoms with van der Waals surface area (Å²) in [6, 6.07) is 11.6. The van der Waals surface area contributed by atoms with Crippen molar-refractivity contribution in [3.63, 3.8) is 0 Å². The molecule has 2 aromatic carbocycles. The van der Waals surface area contributed by atoms with Crippen LogP contribution in [-0.4, -0.2) is 58.2 Å². The van der Waals surface area contributed by atoms with Crippen LogP contribution in [0.2, 0.25) is 5.02 Å². The van der Waals surface area contributed by atoms with Crippen molar-refractivity contribution in [3.8, 4) is 17.2 Å². The van der Waals surface area contributed by atoms with E-state index in [2.05, 4.69) is 0 Å². The molecule has 0 aliphatic carbocycles. The molecule has 8 nitrogen and oxygen atoms in total. The predicted molar refractivity (Wildman–Crippen MR) is 121 cm³/mol. The highest BCUT2D eigenvalue weighted by Gasteiger charge is 2.33. The number of sulfonamides is 1. The number of nitrogens with zero attached hydrogens (tertiary/aromatic N) is 1. The SMILES string of the molecule is O=C(OCCOc1ccc(Cl)cc1)C1CCN(S(=O)(=O)c2ccc3c(c2)OCCCO3)CC1. The van der Waals surface area contributed by atoms with Gasteiger partial charge in [0.1, 0.15) is 19.0 Å². The molecular formula is C23H26ClNO7S. The quantitative estimate of drug-likeness (QED) is 0.428. The van der Waals surface area contributed by atoms with Gasteiger partial charge in [-0.25, -0.2) is 8.42 Å². The number of piperidine rings is 1. The average Bonchev–Trinajstić information content (AvgIpc) is 3.08. The molecule has 178 valence electrons. The minimum absolute atomic E-state index is 0.122. The molecule has 1 saturated heterocycles. The summed E-state index contributed by atoms with van der Waals surface area (Å²) in [5, 5.41) is 0.617. The minimum Gasteiger partial charge on any atom is -0.490 e. The second-order valence-electron chi connectivity index (χ2n) is 7.81. The van der Waals surface area contributed by atoms with Gasteiger partial charge in [0, 0.05) is 30.6 Å². The van der Waals surface area contributed by atoms with Crippen LogP contribution in [0.5, 0.6) is 17.2 Å². The Kier molecular flexibility index (Phi) is 7.62. The zero-order valence-corrected chi connectivity index (χ0v) is 19.6. The van der Waals surface area contributed by atoms with E-state index in [1.165, 1.54) is 16.4 Å². The van der Waals surface area contributed by atoms with Gasteiger partial charge in [-0.05, 0) is 49.2 Å². The lowest BCUT2D eigenvalue weighted by molar-refractivity contribution is -0.150. The molecule has 0 bridgehead atoms. The first-order valence-electron chi connectivity index (χ1n) is 10.9. The summed E-state index contributed by atoms with van der Waals surface area (Å²) < 4.78 is 49.6. The zero-order valence-electron chi connectivity index (χ0n) is 18.1. The first-order valence-corrected chi connectivity index (χ1v) is 12.7. The molecule has 1 fully saturated rings. The Labute approximate surface area is 198 Å². The van der Waals surface area contributed by atoms with E-state index in [4.69, 9.17) is 30.5 Å². The van der Waals surface area contributed by atoms with Crippen molar-refractivity contribution < 1.29 is 32.2 Å². The summed E-state index contributed by atoms with van der Waals surface area (Å²) in [5.41, 5.74) is 0. The van der Waals surface area contributed by atoms with E-state index in [1.807, 2.05) is 0 Å². The maximum atomic E-state index is 13.1. The highest BCUT2D eigenvalue weighted by Crippen LogP contribution is 2.34. The Bertz CT molecular complexity index is 1070. The number of benzene rings is 2. The molecule has 2 heterocycles. The Morgan fingerprint density at radius 2 is 1.70 bits per heavy atom. The number of esters is 1. The smallest absolute Gasteiger partial charge is 0.309 e. The van der Waals surface area contributed by atoms with Gasteiger partial charge in [0.2, 0.25) is 10.0 Å². The maximum absolute atomic E-state index is 13.1. The minimum atomic E-state index is -3.69. The third-order valence-corrected chi connectivity index (χ3v) is 7.70. The van der Waals surface area contributed by atoms with E-state index in [-0.39, 0.29) is 43.1 Å². The van der Waals surface area contributed by atoms with Gasteiger partial charge in [-0.1, -0.05) is 11.6 Å². The van der Waals surface area contributed by atoms with Crippen molar-refractivity contribution in [2.24, 2.45) is 5.92 Å². The van der Waals surface area contributed by atoms with Gasteiger partial charge >= 0.3 is 5.97 Å². The molecule has 4 rings (SSSR count). The second kappa shape index (κ2) is 10.6. The summed E-state index contributed by atoms with van der Waals surface area (Å²) in [7, 11) is -3.69. The van der Waals surface area contributed by atoms with Gasteiger partial charge in [-0.3, -0.25) is 4.79 Å². The highest BCUT2D eigenvalue weighted by atomic mass is 35.5. The summed E-state index contributed by atoms with van der Waals surface area (Å²) >= 11 is 5.83. The van der Waals surface area contributed by atoms with Crippen LogP contribution in [-0.2, 0) is 19.6 Å². The van der Waals surface area contributed by atoms with Gasteiger partial charge in [0.05, 0.1) is 24.0 Å². The number of hydrogen-bond acceptors (Lipinski definition) is 7. The first-order chi connectivity index (χ1) is 15.9. The molecule has 2 aliphatic heterocycles. The van der Waals surface area contributed by atoms with Crippen LogP contribution in [0.1, 0.15) is 19.3 Å². The normalized spacial score (nSPS) is 17.2. The Hall–Kier alpha value is -2.49. The largest absolute Gasteiger partial charge is 0.490 e. The van der Waals surface area contributed by atoms with E-state index >= 15 is 0 Å². The van der Waals surface area contributed by atoms with Crippen molar-refractivity contribution >= 4 is 27.6 Å². The Morgan fingerprint density at radius 1 is 1.00 bits per heavy atom. The number of carbonyl (C=O) groups is 1. The van der Waals surface area contributed by atoms with Gasteiger partial charge in [0.15, 0.2) is 11.5 Å². The van der Waals surface area contributed by atoms with Gasteiger partial charge in [-0.2, -0.15) is 4.31 Å². The van der Waals surface area contributed by atoms with E-state index in [9.17, 15) is 13.2 Å².